The number of benzene rings is 2. The fraction of sp³-hybridized carbons (Fsp3) is 0.150. The van der Waals surface area contributed by atoms with Crippen molar-refractivity contribution in [2.75, 3.05) is 5.32 Å². The Morgan fingerprint density at radius 2 is 1.92 bits per heavy atom. The van der Waals surface area contributed by atoms with Gasteiger partial charge in [-0.1, -0.05) is 35.4 Å². The van der Waals surface area contributed by atoms with Crippen molar-refractivity contribution in [3.63, 3.8) is 0 Å². The first-order chi connectivity index (χ1) is 12.0. The van der Waals surface area contributed by atoms with Gasteiger partial charge in [0.1, 0.15) is 12.4 Å². The zero-order valence-electron chi connectivity index (χ0n) is 14.0. The lowest BCUT2D eigenvalue weighted by atomic mass is 10.2. The number of anilines is 1. The molecule has 0 aliphatic heterocycles. The van der Waals surface area contributed by atoms with Crippen molar-refractivity contribution in [3.8, 4) is 5.75 Å². The van der Waals surface area contributed by atoms with Gasteiger partial charge < -0.3 is 10.1 Å². The summed E-state index contributed by atoms with van der Waals surface area (Å²) in [5, 5.41) is 5.48. The molecule has 0 saturated heterocycles. The molecule has 25 heavy (non-hydrogen) atoms. The van der Waals surface area contributed by atoms with Crippen LogP contribution in [-0.2, 0) is 6.61 Å². The van der Waals surface area contributed by atoms with E-state index in [0.717, 1.165) is 22.6 Å². The Labute approximate surface area is 156 Å². The van der Waals surface area contributed by atoms with E-state index in [2.05, 4.69) is 5.32 Å². The molecule has 0 bridgehead atoms. The zero-order chi connectivity index (χ0) is 17.8. The van der Waals surface area contributed by atoms with Crippen LogP contribution in [0.1, 0.15) is 26.4 Å². The topological polar surface area (TPSA) is 38.3 Å². The normalized spacial score (nSPS) is 10.5. The summed E-state index contributed by atoms with van der Waals surface area (Å²) in [5.74, 6) is 0.675. The van der Waals surface area contributed by atoms with Crippen molar-refractivity contribution in [2.24, 2.45) is 0 Å². The Morgan fingerprint density at radius 3 is 2.68 bits per heavy atom. The fourth-order valence-electron chi connectivity index (χ4n) is 2.30. The van der Waals surface area contributed by atoms with Crippen LogP contribution in [0.15, 0.2) is 53.9 Å². The first-order valence-electron chi connectivity index (χ1n) is 7.86. The van der Waals surface area contributed by atoms with E-state index in [0.29, 0.717) is 16.5 Å². The van der Waals surface area contributed by atoms with Gasteiger partial charge in [-0.05, 0) is 55.1 Å². The molecule has 0 aliphatic rings. The van der Waals surface area contributed by atoms with Crippen LogP contribution in [0.25, 0.3) is 0 Å². The predicted octanol–water partition coefficient (Wildman–Crippen LogP) is 5.85. The lowest BCUT2D eigenvalue weighted by Gasteiger charge is -2.08. The van der Waals surface area contributed by atoms with Gasteiger partial charge >= 0.3 is 0 Å². The second-order valence-electron chi connectivity index (χ2n) is 5.79. The number of carbonyl (C=O) groups is 1. The number of thiophene rings is 1. The molecule has 1 aromatic heterocycles. The molecule has 3 nitrogen and oxygen atoms in total. The Balaban J connectivity index is 1.63. The van der Waals surface area contributed by atoms with Gasteiger partial charge in [0.15, 0.2) is 0 Å². The maximum Gasteiger partial charge on any atom is 0.265 e. The Morgan fingerprint density at radius 1 is 1.16 bits per heavy atom. The van der Waals surface area contributed by atoms with Crippen molar-refractivity contribution in [1.82, 2.24) is 0 Å². The van der Waals surface area contributed by atoms with Crippen LogP contribution < -0.4 is 10.1 Å². The highest BCUT2D eigenvalue weighted by Crippen LogP contribution is 2.25. The van der Waals surface area contributed by atoms with E-state index >= 15 is 0 Å². The van der Waals surface area contributed by atoms with Crippen molar-refractivity contribution in [2.45, 2.75) is 20.5 Å². The van der Waals surface area contributed by atoms with Crippen LogP contribution in [-0.4, -0.2) is 5.91 Å². The van der Waals surface area contributed by atoms with Gasteiger partial charge in [-0.2, -0.15) is 0 Å². The van der Waals surface area contributed by atoms with Crippen LogP contribution in [0.2, 0.25) is 5.02 Å². The minimum absolute atomic E-state index is 0.142. The van der Waals surface area contributed by atoms with Gasteiger partial charge in [0.25, 0.3) is 5.91 Å². The molecule has 3 rings (SSSR count). The smallest absolute Gasteiger partial charge is 0.265 e. The van der Waals surface area contributed by atoms with Gasteiger partial charge in [-0.25, -0.2) is 0 Å². The maximum atomic E-state index is 12.4. The quantitative estimate of drug-likeness (QED) is 0.610. The maximum absolute atomic E-state index is 12.4. The number of nitrogens with one attached hydrogen (secondary N) is 1. The van der Waals surface area contributed by atoms with Crippen LogP contribution in [0.3, 0.4) is 0 Å². The summed E-state index contributed by atoms with van der Waals surface area (Å²) in [5.41, 5.74) is 3.75. The molecule has 0 aliphatic carbocycles. The van der Waals surface area contributed by atoms with Crippen molar-refractivity contribution in [3.05, 3.63) is 80.5 Å². The predicted molar refractivity (Wildman–Crippen MR) is 104 cm³/mol. The summed E-state index contributed by atoms with van der Waals surface area (Å²) in [6, 6.07) is 15.2. The van der Waals surface area contributed by atoms with Crippen LogP contribution in [0.4, 0.5) is 5.69 Å². The number of carbonyl (C=O) groups excluding carboxylic acids is 1. The van der Waals surface area contributed by atoms with E-state index in [-0.39, 0.29) is 5.91 Å². The summed E-state index contributed by atoms with van der Waals surface area (Å²) < 4.78 is 5.75. The first-order valence-corrected chi connectivity index (χ1v) is 9.12. The minimum Gasteiger partial charge on any atom is -0.489 e. The summed E-state index contributed by atoms with van der Waals surface area (Å²) in [4.78, 5) is 13.1. The molecule has 0 saturated carbocycles. The van der Waals surface area contributed by atoms with Crippen LogP contribution in [0, 0.1) is 13.8 Å². The number of ether oxygens (including phenoxy) is 1. The largest absolute Gasteiger partial charge is 0.489 e. The van der Waals surface area contributed by atoms with E-state index in [1.165, 1.54) is 16.9 Å². The molecule has 0 spiro atoms. The molecule has 1 N–H and O–H groups in total. The van der Waals surface area contributed by atoms with Gasteiger partial charge in [-0.3, -0.25) is 4.79 Å². The molecule has 0 fully saturated rings. The van der Waals surface area contributed by atoms with Crippen LogP contribution >= 0.6 is 22.9 Å². The van der Waals surface area contributed by atoms with E-state index in [1.807, 2.05) is 61.7 Å². The summed E-state index contributed by atoms with van der Waals surface area (Å²) in [6.07, 6.45) is 0. The second-order valence-corrected chi connectivity index (χ2v) is 7.11. The molecule has 3 aromatic rings. The number of hydrogen-bond acceptors (Lipinski definition) is 3. The summed E-state index contributed by atoms with van der Waals surface area (Å²) >= 11 is 7.49. The van der Waals surface area contributed by atoms with Gasteiger partial charge in [0.2, 0.25) is 0 Å². The second kappa shape index (κ2) is 7.72. The van der Waals surface area contributed by atoms with Gasteiger partial charge in [0, 0.05) is 16.3 Å². The average molecular weight is 372 g/mol. The lowest BCUT2D eigenvalue weighted by Crippen LogP contribution is -2.11. The van der Waals surface area contributed by atoms with Gasteiger partial charge in [-0.15, -0.1) is 11.3 Å². The lowest BCUT2D eigenvalue weighted by molar-refractivity contribution is 0.103. The van der Waals surface area contributed by atoms with Crippen molar-refractivity contribution < 1.29 is 9.53 Å². The molecule has 1 amide bonds. The highest BCUT2D eigenvalue weighted by Gasteiger charge is 2.12. The average Bonchev–Trinajstić information content (AvgIpc) is 3.08. The highest BCUT2D eigenvalue weighted by atomic mass is 35.5. The third-order valence-corrected chi connectivity index (χ3v) is 5.21. The van der Waals surface area contributed by atoms with E-state index in [4.69, 9.17) is 16.3 Å². The molecule has 0 radical (unpaired) electrons. The molecule has 1 heterocycles. The van der Waals surface area contributed by atoms with Gasteiger partial charge in [0.05, 0.1) is 4.88 Å². The molecule has 0 unspecified atom stereocenters. The molecular formula is C20H18ClNO2S. The van der Waals surface area contributed by atoms with E-state index in [9.17, 15) is 4.79 Å². The molecule has 2 aromatic carbocycles. The highest BCUT2D eigenvalue weighted by molar-refractivity contribution is 7.12. The van der Waals surface area contributed by atoms with Crippen molar-refractivity contribution in [1.29, 1.82) is 0 Å². The first kappa shape index (κ1) is 17.5. The van der Waals surface area contributed by atoms with Crippen LogP contribution in [0.5, 0.6) is 5.75 Å². The number of halogens is 1. The third-order valence-electron chi connectivity index (χ3n) is 3.82. The molecule has 128 valence electrons. The Kier molecular flexibility index (Phi) is 5.41. The number of hydrogen-bond donors (Lipinski definition) is 1. The third kappa shape index (κ3) is 4.41. The Bertz CT molecular complexity index is 887. The number of rotatable bonds is 5. The Hall–Kier alpha value is -2.30. The minimum atomic E-state index is -0.142. The molecule has 0 atom stereocenters. The molecule has 5 heteroatoms. The standard InChI is InChI=1S/C20H18ClNO2S/c1-13-6-8-16(9-7-13)24-11-15-10-19(25-12-15)20(23)22-18-5-3-4-17(21)14(18)2/h3-10,12H,11H2,1-2H3,(H,22,23). The zero-order valence-corrected chi connectivity index (χ0v) is 15.6. The SMILES string of the molecule is Cc1ccc(OCc2csc(C(=O)Nc3cccc(Cl)c3C)c2)cc1. The van der Waals surface area contributed by atoms with E-state index in [1.54, 1.807) is 6.07 Å². The number of aryl methyl sites for hydroxylation is 1. The molecular weight excluding hydrogens is 354 g/mol. The number of amides is 1. The fourth-order valence-corrected chi connectivity index (χ4v) is 3.26. The monoisotopic (exact) mass is 371 g/mol. The summed E-state index contributed by atoms with van der Waals surface area (Å²) in [7, 11) is 0. The van der Waals surface area contributed by atoms with Crippen molar-refractivity contribution >= 4 is 34.5 Å². The summed E-state index contributed by atoms with van der Waals surface area (Å²) in [6.45, 7) is 4.35. The van der Waals surface area contributed by atoms with E-state index < -0.39 is 0 Å².